The van der Waals surface area contributed by atoms with Gasteiger partial charge in [0.2, 0.25) is 11.8 Å². The van der Waals surface area contributed by atoms with Crippen LogP contribution in [0.1, 0.15) is 12.6 Å². The van der Waals surface area contributed by atoms with Gasteiger partial charge in [0.05, 0.1) is 0 Å². The second kappa shape index (κ2) is 5.36. The zero-order valence-electron chi connectivity index (χ0n) is 12.9. The first-order valence-electron chi connectivity index (χ1n) is 7.34. The van der Waals surface area contributed by atoms with Gasteiger partial charge in [-0.05, 0) is 31.2 Å². The van der Waals surface area contributed by atoms with Crippen LogP contribution in [0.3, 0.4) is 0 Å². The smallest absolute Gasteiger partial charge is 0.243 e. The predicted octanol–water partition coefficient (Wildman–Crippen LogP) is 0.779. The maximum absolute atomic E-state index is 12.0. The van der Waals surface area contributed by atoms with Crippen molar-refractivity contribution < 1.29 is 9.59 Å². The number of carbonyl (C=O) groups excluding carboxylic acids is 2. The standard InChI is InChI=1S/C16H20N4O2/c1-9-15(21)19-14(16(22)17-9)8-11-6-10-7-12(20(2)3)4-5-13(10)18-11/h4-7,9,14,18H,8H2,1-3H3,(H,17,22)(H,19,21). The topological polar surface area (TPSA) is 77.2 Å². The summed E-state index contributed by atoms with van der Waals surface area (Å²) in [5.74, 6) is -0.282. The van der Waals surface area contributed by atoms with E-state index in [1.54, 1.807) is 6.92 Å². The highest BCUT2D eigenvalue weighted by atomic mass is 16.2. The summed E-state index contributed by atoms with van der Waals surface area (Å²) >= 11 is 0. The summed E-state index contributed by atoms with van der Waals surface area (Å²) < 4.78 is 0. The second-order valence-electron chi connectivity index (χ2n) is 5.96. The number of fused-ring (bicyclic) bond motifs is 1. The Kier molecular flexibility index (Phi) is 3.52. The molecule has 1 aromatic carbocycles. The van der Waals surface area contributed by atoms with E-state index in [1.807, 2.05) is 37.2 Å². The monoisotopic (exact) mass is 300 g/mol. The van der Waals surface area contributed by atoms with E-state index in [2.05, 4.69) is 21.7 Å². The SMILES string of the molecule is CC1NC(=O)C(Cc2cc3cc(N(C)C)ccc3[nH]2)NC1=O. The van der Waals surface area contributed by atoms with Crippen molar-refractivity contribution in [2.75, 3.05) is 19.0 Å². The third-order valence-corrected chi connectivity index (χ3v) is 3.99. The number of piperazine rings is 1. The Bertz CT molecular complexity index is 735. The second-order valence-corrected chi connectivity index (χ2v) is 5.96. The summed E-state index contributed by atoms with van der Waals surface area (Å²) in [5.41, 5.74) is 3.08. The quantitative estimate of drug-likeness (QED) is 0.784. The van der Waals surface area contributed by atoms with E-state index in [0.717, 1.165) is 22.3 Å². The number of hydrogen-bond acceptors (Lipinski definition) is 3. The number of benzene rings is 1. The van der Waals surface area contributed by atoms with Gasteiger partial charge in [-0.25, -0.2) is 0 Å². The van der Waals surface area contributed by atoms with Crippen LogP contribution in [0, 0.1) is 0 Å². The highest BCUT2D eigenvalue weighted by molar-refractivity contribution is 5.97. The summed E-state index contributed by atoms with van der Waals surface area (Å²) in [5, 5.41) is 6.54. The van der Waals surface area contributed by atoms with Crippen LogP contribution in [0.5, 0.6) is 0 Å². The van der Waals surface area contributed by atoms with E-state index in [9.17, 15) is 9.59 Å². The summed E-state index contributed by atoms with van der Waals surface area (Å²) in [7, 11) is 4.00. The molecule has 3 N–H and O–H groups in total. The molecule has 0 spiro atoms. The molecule has 0 aliphatic carbocycles. The third kappa shape index (κ3) is 2.64. The van der Waals surface area contributed by atoms with Gasteiger partial charge >= 0.3 is 0 Å². The lowest BCUT2D eigenvalue weighted by atomic mass is 10.1. The Morgan fingerprint density at radius 3 is 2.59 bits per heavy atom. The molecule has 6 nitrogen and oxygen atoms in total. The van der Waals surface area contributed by atoms with Gasteiger partial charge < -0.3 is 20.5 Å². The molecule has 1 aliphatic rings. The number of nitrogens with one attached hydrogen (secondary N) is 3. The van der Waals surface area contributed by atoms with Crippen LogP contribution >= 0.6 is 0 Å². The minimum Gasteiger partial charge on any atom is -0.378 e. The predicted molar refractivity (Wildman–Crippen MR) is 85.9 cm³/mol. The average Bonchev–Trinajstić information content (AvgIpc) is 2.85. The molecule has 1 fully saturated rings. The summed E-state index contributed by atoms with van der Waals surface area (Å²) in [4.78, 5) is 29.0. The first-order valence-corrected chi connectivity index (χ1v) is 7.34. The maximum Gasteiger partial charge on any atom is 0.243 e. The van der Waals surface area contributed by atoms with Gasteiger partial charge in [0.25, 0.3) is 0 Å². The Balaban J connectivity index is 1.82. The van der Waals surface area contributed by atoms with Crippen LogP contribution in [0.2, 0.25) is 0 Å². The van der Waals surface area contributed by atoms with Gasteiger partial charge in [0, 0.05) is 42.8 Å². The van der Waals surface area contributed by atoms with Crippen LogP contribution < -0.4 is 15.5 Å². The van der Waals surface area contributed by atoms with E-state index in [-0.39, 0.29) is 11.8 Å². The number of hydrogen-bond donors (Lipinski definition) is 3. The molecule has 0 saturated carbocycles. The van der Waals surface area contributed by atoms with Crippen molar-refractivity contribution in [2.24, 2.45) is 0 Å². The molecule has 2 heterocycles. The fourth-order valence-electron chi connectivity index (χ4n) is 2.67. The third-order valence-electron chi connectivity index (χ3n) is 3.99. The van der Waals surface area contributed by atoms with Gasteiger partial charge in [-0.2, -0.15) is 0 Å². The molecule has 22 heavy (non-hydrogen) atoms. The number of rotatable bonds is 3. The molecule has 2 aromatic rings. The number of amides is 2. The van der Waals surface area contributed by atoms with E-state index < -0.39 is 12.1 Å². The Morgan fingerprint density at radius 1 is 1.09 bits per heavy atom. The van der Waals surface area contributed by atoms with Crippen LogP contribution in [-0.4, -0.2) is 43.0 Å². The number of anilines is 1. The maximum atomic E-state index is 12.0. The fourth-order valence-corrected chi connectivity index (χ4v) is 2.67. The van der Waals surface area contributed by atoms with Crippen LogP contribution in [0.4, 0.5) is 5.69 Å². The lowest BCUT2D eigenvalue weighted by Gasteiger charge is -2.27. The van der Waals surface area contributed by atoms with Crippen LogP contribution in [0.25, 0.3) is 10.9 Å². The summed E-state index contributed by atoms with van der Waals surface area (Å²) in [6, 6.07) is 7.20. The first kappa shape index (κ1) is 14.4. The summed E-state index contributed by atoms with van der Waals surface area (Å²) in [6.45, 7) is 1.68. The van der Waals surface area contributed by atoms with Gasteiger partial charge in [-0.3, -0.25) is 9.59 Å². The zero-order valence-corrected chi connectivity index (χ0v) is 12.9. The molecule has 1 aromatic heterocycles. The number of aromatic nitrogens is 1. The van der Waals surface area contributed by atoms with Crippen LogP contribution in [0.15, 0.2) is 24.3 Å². The highest BCUT2D eigenvalue weighted by Crippen LogP contribution is 2.22. The lowest BCUT2D eigenvalue weighted by Crippen LogP contribution is -2.61. The lowest BCUT2D eigenvalue weighted by molar-refractivity contribution is -0.136. The molecular weight excluding hydrogens is 280 g/mol. The Morgan fingerprint density at radius 2 is 1.86 bits per heavy atom. The van der Waals surface area contributed by atoms with E-state index in [0.29, 0.717) is 6.42 Å². The molecule has 0 radical (unpaired) electrons. The van der Waals surface area contributed by atoms with Gasteiger partial charge in [-0.15, -0.1) is 0 Å². The van der Waals surface area contributed by atoms with Crippen LogP contribution in [-0.2, 0) is 16.0 Å². The minimum absolute atomic E-state index is 0.139. The van der Waals surface area contributed by atoms with E-state index in [4.69, 9.17) is 0 Å². The van der Waals surface area contributed by atoms with Crippen molar-refractivity contribution in [1.82, 2.24) is 15.6 Å². The minimum atomic E-state index is -0.523. The molecule has 0 bridgehead atoms. The van der Waals surface area contributed by atoms with E-state index in [1.165, 1.54) is 0 Å². The number of nitrogens with zero attached hydrogens (tertiary/aromatic N) is 1. The van der Waals surface area contributed by atoms with Crippen molar-refractivity contribution in [3.05, 3.63) is 30.0 Å². The van der Waals surface area contributed by atoms with Crippen molar-refractivity contribution in [1.29, 1.82) is 0 Å². The van der Waals surface area contributed by atoms with Crippen molar-refractivity contribution >= 4 is 28.4 Å². The molecule has 116 valence electrons. The molecular formula is C16H20N4O2. The Labute approximate surface area is 128 Å². The molecule has 6 heteroatoms. The zero-order chi connectivity index (χ0) is 15.9. The fraction of sp³-hybridized carbons (Fsp3) is 0.375. The Hall–Kier alpha value is -2.50. The molecule has 2 unspecified atom stereocenters. The molecule has 3 rings (SSSR count). The van der Waals surface area contributed by atoms with Gasteiger partial charge in [-0.1, -0.05) is 0 Å². The van der Waals surface area contributed by atoms with E-state index >= 15 is 0 Å². The normalized spacial score (nSPS) is 21.6. The number of aromatic amines is 1. The van der Waals surface area contributed by atoms with Crippen molar-refractivity contribution in [3.8, 4) is 0 Å². The molecule has 1 aliphatic heterocycles. The average molecular weight is 300 g/mol. The number of H-pyrrole nitrogens is 1. The number of carbonyl (C=O) groups is 2. The summed E-state index contributed by atoms with van der Waals surface area (Å²) in [6.07, 6.45) is 0.455. The van der Waals surface area contributed by atoms with Crippen molar-refractivity contribution in [2.45, 2.75) is 25.4 Å². The highest BCUT2D eigenvalue weighted by Gasteiger charge is 2.31. The van der Waals surface area contributed by atoms with Crippen molar-refractivity contribution in [3.63, 3.8) is 0 Å². The van der Waals surface area contributed by atoms with Gasteiger partial charge in [0.1, 0.15) is 12.1 Å². The molecule has 2 atom stereocenters. The largest absolute Gasteiger partial charge is 0.378 e. The van der Waals surface area contributed by atoms with Gasteiger partial charge in [0.15, 0.2) is 0 Å². The first-order chi connectivity index (χ1) is 10.4. The molecule has 1 saturated heterocycles. The molecule has 2 amide bonds.